The van der Waals surface area contributed by atoms with Crippen LogP contribution in [0.4, 0.5) is 0 Å². The Morgan fingerprint density at radius 2 is 1.82 bits per heavy atom. The molecule has 0 aromatic heterocycles. The van der Waals surface area contributed by atoms with Crippen molar-refractivity contribution in [3.63, 3.8) is 0 Å². The van der Waals surface area contributed by atoms with E-state index in [1.54, 1.807) is 6.92 Å². The van der Waals surface area contributed by atoms with E-state index >= 15 is 0 Å². The van der Waals surface area contributed by atoms with Gasteiger partial charge in [-0.3, -0.25) is 0 Å². The summed E-state index contributed by atoms with van der Waals surface area (Å²) in [6.45, 7) is 1.22. The Morgan fingerprint density at radius 1 is 1.14 bits per heavy atom. The minimum Gasteiger partial charge on any atom is -0.547 e. The van der Waals surface area contributed by atoms with Gasteiger partial charge in [0.2, 0.25) is 6.29 Å². The van der Waals surface area contributed by atoms with Gasteiger partial charge >= 0.3 is 29.6 Å². The maximum Gasteiger partial charge on any atom is 1.00 e. The molecule has 0 amide bonds. The van der Waals surface area contributed by atoms with Crippen LogP contribution in [0.3, 0.4) is 0 Å². The second kappa shape index (κ2) is 9.62. The van der Waals surface area contributed by atoms with Gasteiger partial charge in [0.25, 0.3) is 0 Å². The molecule has 0 aromatic rings. The smallest absolute Gasteiger partial charge is 0.547 e. The van der Waals surface area contributed by atoms with E-state index in [2.05, 4.69) is 4.99 Å². The minimum atomic E-state index is -1.95. The standard InChI is InChI=1S/C15H23NO11.Na/c1-2-5-16-6-11(7(18)4(3-17)24-14(6)25-5)26-15-10(21)8(19)9(20)12(27-15)13(22)23;/h4,6-12,14-15,17-21H,2-3H2,1H3,(H,22,23);/q;+1/p-1/t4-,6-,7-,8+,9+,10-,11-,12+,14-,15-;/m1./s1. The molecule has 3 rings (SSSR count). The van der Waals surface area contributed by atoms with Gasteiger partial charge in [0.15, 0.2) is 12.2 Å². The van der Waals surface area contributed by atoms with Crippen LogP contribution >= 0.6 is 0 Å². The fourth-order valence-electron chi connectivity index (χ4n) is 3.26. The van der Waals surface area contributed by atoms with E-state index in [0.717, 1.165) is 0 Å². The molecule has 10 atom stereocenters. The molecular weight excluding hydrogens is 393 g/mol. The maximum atomic E-state index is 11.1. The van der Waals surface area contributed by atoms with Crippen LogP contribution in [0.15, 0.2) is 4.99 Å². The number of aliphatic imine (C=N–C) groups is 1. The number of hydrogen-bond acceptors (Lipinski definition) is 12. The van der Waals surface area contributed by atoms with Crippen molar-refractivity contribution >= 4 is 11.9 Å². The predicted molar refractivity (Wildman–Crippen MR) is 80.9 cm³/mol. The molecule has 0 unspecified atom stereocenters. The molecule has 13 heteroatoms. The first kappa shape index (κ1) is 23.9. The maximum absolute atomic E-state index is 11.1. The Kier molecular flexibility index (Phi) is 8.21. The van der Waals surface area contributed by atoms with Gasteiger partial charge in [-0.1, -0.05) is 6.92 Å². The molecule has 0 saturated carbocycles. The van der Waals surface area contributed by atoms with E-state index in [9.17, 15) is 35.4 Å². The molecule has 0 spiro atoms. The fraction of sp³-hybridized carbons (Fsp3) is 0.867. The molecule has 5 N–H and O–H groups in total. The first-order valence-corrected chi connectivity index (χ1v) is 8.52. The number of carboxylic acids is 1. The van der Waals surface area contributed by atoms with Gasteiger partial charge in [0, 0.05) is 6.42 Å². The Bertz CT molecular complexity index is 592. The Labute approximate surface area is 182 Å². The van der Waals surface area contributed by atoms with Crippen LogP contribution in [0.1, 0.15) is 13.3 Å². The van der Waals surface area contributed by atoms with Crippen molar-refractivity contribution in [1.82, 2.24) is 0 Å². The first-order chi connectivity index (χ1) is 12.8. The van der Waals surface area contributed by atoms with Crippen molar-refractivity contribution in [3.8, 4) is 0 Å². The molecule has 2 fully saturated rings. The molecule has 3 aliphatic rings. The van der Waals surface area contributed by atoms with E-state index in [1.165, 1.54) is 0 Å². The summed E-state index contributed by atoms with van der Waals surface area (Å²) in [5, 5.41) is 60.6. The third-order valence-electron chi connectivity index (χ3n) is 4.76. The molecule has 0 radical (unpaired) electrons. The molecule has 2 saturated heterocycles. The number of aliphatic hydroxyl groups excluding tert-OH is 5. The van der Waals surface area contributed by atoms with E-state index in [0.29, 0.717) is 12.3 Å². The van der Waals surface area contributed by atoms with Gasteiger partial charge in [-0.15, -0.1) is 0 Å². The van der Waals surface area contributed by atoms with Crippen LogP contribution in [0.2, 0.25) is 0 Å². The largest absolute Gasteiger partial charge is 1.00 e. The second-order valence-electron chi connectivity index (χ2n) is 6.52. The van der Waals surface area contributed by atoms with Gasteiger partial charge in [-0.2, -0.15) is 0 Å². The SMILES string of the molecule is CCC1=N[C@H]2[C@@H](O1)O[C@H](CO)[C@@H](O)[C@@H]2O[C@@H]1O[C@H](C(=O)[O-])[C@@H](O)[C@H](O)[C@H]1O.[Na+]. The van der Waals surface area contributed by atoms with Crippen LogP contribution in [0.5, 0.6) is 0 Å². The average Bonchev–Trinajstić information content (AvgIpc) is 3.06. The fourth-order valence-corrected chi connectivity index (χ4v) is 3.26. The average molecular weight is 415 g/mol. The van der Waals surface area contributed by atoms with Crippen molar-refractivity contribution in [3.05, 3.63) is 0 Å². The zero-order valence-electron chi connectivity index (χ0n) is 15.3. The van der Waals surface area contributed by atoms with E-state index in [-0.39, 0.29) is 29.6 Å². The van der Waals surface area contributed by atoms with Gasteiger partial charge < -0.3 is 54.4 Å². The molecule has 0 aromatic carbocycles. The molecular formula is C15H22NNaO11. The Balaban J connectivity index is 0.00000280. The zero-order valence-corrected chi connectivity index (χ0v) is 17.3. The minimum absolute atomic E-state index is 0. The third-order valence-corrected chi connectivity index (χ3v) is 4.76. The van der Waals surface area contributed by atoms with E-state index < -0.39 is 73.9 Å². The number of carboxylic acid groups (broad SMARTS) is 1. The number of nitrogens with zero attached hydrogens (tertiary/aromatic N) is 1. The molecule has 0 bridgehead atoms. The number of aliphatic hydroxyl groups is 5. The van der Waals surface area contributed by atoms with Crippen LogP contribution in [0.25, 0.3) is 0 Å². The zero-order chi connectivity index (χ0) is 19.9. The number of hydrogen-bond donors (Lipinski definition) is 5. The summed E-state index contributed by atoms with van der Waals surface area (Å²) in [6, 6.07) is -0.876. The van der Waals surface area contributed by atoms with Gasteiger partial charge in [0.05, 0.1) is 12.6 Å². The quantitative estimate of drug-likeness (QED) is 0.268. The van der Waals surface area contributed by atoms with Gasteiger partial charge in [0.1, 0.15) is 48.8 Å². The summed E-state index contributed by atoms with van der Waals surface area (Å²) in [5.74, 6) is -1.48. The Morgan fingerprint density at radius 3 is 2.39 bits per heavy atom. The van der Waals surface area contributed by atoms with E-state index in [1.807, 2.05) is 0 Å². The van der Waals surface area contributed by atoms with Crippen LogP contribution in [0, 0.1) is 0 Å². The number of ether oxygens (including phenoxy) is 4. The number of carbonyl (C=O) groups excluding carboxylic acids is 1. The van der Waals surface area contributed by atoms with Crippen molar-refractivity contribution in [1.29, 1.82) is 0 Å². The first-order valence-electron chi connectivity index (χ1n) is 8.52. The van der Waals surface area contributed by atoms with Crippen LogP contribution in [-0.4, -0.2) is 105 Å². The van der Waals surface area contributed by atoms with Crippen molar-refractivity contribution in [2.24, 2.45) is 4.99 Å². The summed E-state index contributed by atoms with van der Waals surface area (Å²) in [7, 11) is 0. The normalized spacial score (nSPS) is 45.4. The molecule has 0 aliphatic carbocycles. The van der Waals surface area contributed by atoms with Gasteiger partial charge in [-0.05, 0) is 0 Å². The van der Waals surface area contributed by atoms with E-state index in [4.69, 9.17) is 18.9 Å². The summed E-state index contributed by atoms with van der Waals surface area (Å²) in [6.07, 6.45) is -13.5. The summed E-state index contributed by atoms with van der Waals surface area (Å²) in [4.78, 5) is 15.3. The summed E-state index contributed by atoms with van der Waals surface area (Å²) >= 11 is 0. The monoisotopic (exact) mass is 415 g/mol. The molecule has 3 heterocycles. The van der Waals surface area contributed by atoms with Crippen molar-refractivity contribution in [2.45, 2.75) is 74.7 Å². The molecule has 154 valence electrons. The van der Waals surface area contributed by atoms with Gasteiger partial charge in [-0.25, -0.2) is 4.99 Å². The predicted octanol–water partition coefficient (Wildman–Crippen LogP) is -7.78. The molecule has 28 heavy (non-hydrogen) atoms. The molecule has 3 aliphatic heterocycles. The second-order valence-corrected chi connectivity index (χ2v) is 6.52. The topological polar surface area (TPSA) is 191 Å². The molecule has 12 nitrogen and oxygen atoms in total. The number of fused-ring (bicyclic) bond motifs is 1. The summed E-state index contributed by atoms with van der Waals surface area (Å²) < 4.78 is 21.5. The van der Waals surface area contributed by atoms with Crippen LogP contribution < -0.4 is 34.7 Å². The Hall–Kier alpha value is -0.380. The van der Waals surface area contributed by atoms with Crippen molar-refractivity contribution in [2.75, 3.05) is 6.61 Å². The van der Waals surface area contributed by atoms with Crippen molar-refractivity contribution < 1.29 is 83.9 Å². The summed E-state index contributed by atoms with van der Waals surface area (Å²) in [5.41, 5.74) is 0. The number of aliphatic carboxylic acids is 1. The number of carbonyl (C=O) groups is 1. The number of rotatable bonds is 5. The van der Waals surface area contributed by atoms with Crippen LogP contribution in [-0.2, 0) is 23.7 Å². The third kappa shape index (κ3) is 4.37.